The van der Waals surface area contributed by atoms with E-state index in [0.29, 0.717) is 13.0 Å². The van der Waals surface area contributed by atoms with Crippen LogP contribution in [-0.4, -0.2) is 37.9 Å². The molecule has 6 heteroatoms. The van der Waals surface area contributed by atoms with Crippen LogP contribution in [0.5, 0.6) is 5.75 Å². The molecule has 0 aliphatic carbocycles. The number of nitrogens with zero attached hydrogens (tertiary/aromatic N) is 4. The van der Waals surface area contributed by atoms with Crippen LogP contribution in [0.4, 0.5) is 0 Å². The summed E-state index contributed by atoms with van der Waals surface area (Å²) in [5, 5.41) is 9.29. The van der Waals surface area contributed by atoms with Crippen molar-refractivity contribution in [2.75, 3.05) is 13.7 Å². The van der Waals surface area contributed by atoms with E-state index in [-0.39, 0.29) is 6.61 Å². The first-order valence-corrected chi connectivity index (χ1v) is 9.21. The van der Waals surface area contributed by atoms with E-state index in [2.05, 4.69) is 14.5 Å². The van der Waals surface area contributed by atoms with Crippen molar-refractivity contribution in [3.05, 3.63) is 73.3 Å². The molecule has 0 amide bonds. The number of benzene rings is 2. The molecule has 2 aromatic carbocycles. The van der Waals surface area contributed by atoms with Crippen LogP contribution in [0.2, 0.25) is 0 Å². The number of methoxy groups -OCH3 is 1. The second-order valence-corrected chi connectivity index (χ2v) is 6.40. The van der Waals surface area contributed by atoms with E-state index in [0.717, 1.165) is 34.2 Å². The zero-order valence-electron chi connectivity index (χ0n) is 15.7. The molecule has 0 spiro atoms. The van der Waals surface area contributed by atoms with Crippen molar-refractivity contribution >= 4 is 0 Å². The zero-order valence-corrected chi connectivity index (χ0v) is 15.7. The van der Waals surface area contributed by atoms with Gasteiger partial charge in [0.15, 0.2) is 5.82 Å². The second-order valence-electron chi connectivity index (χ2n) is 6.40. The van der Waals surface area contributed by atoms with Crippen LogP contribution < -0.4 is 4.74 Å². The third kappa shape index (κ3) is 3.42. The van der Waals surface area contributed by atoms with Crippen molar-refractivity contribution in [2.24, 2.45) is 0 Å². The molecule has 0 atom stereocenters. The summed E-state index contributed by atoms with van der Waals surface area (Å²) in [7, 11) is 1.66. The standard InChI is InChI=1S/C22H22N4O2/c1-28-19-10-8-18(9-11-19)26-14-12-23-22(26)21-20(17-6-3-2-4-7-17)24-16-25(21)13-5-15-27/h2-4,6-12,14,16,27H,5,13,15H2,1H3. The summed E-state index contributed by atoms with van der Waals surface area (Å²) in [6.45, 7) is 0.798. The zero-order chi connectivity index (χ0) is 19.3. The maximum atomic E-state index is 9.29. The van der Waals surface area contributed by atoms with Gasteiger partial charge in [-0.05, 0) is 30.7 Å². The molecule has 4 rings (SSSR count). The van der Waals surface area contributed by atoms with Crippen molar-refractivity contribution in [2.45, 2.75) is 13.0 Å². The van der Waals surface area contributed by atoms with Crippen LogP contribution in [0.15, 0.2) is 73.3 Å². The minimum Gasteiger partial charge on any atom is -0.497 e. The van der Waals surface area contributed by atoms with Gasteiger partial charge in [-0.25, -0.2) is 9.97 Å². The maximum absolute atomic E-state index is 9.29. The molecule has 0 aliphatic rings. The van der Waals surface area contributed by atoms with E-state index in [1.807, 2.05) is 71.7 Å². The van der Waals surface area contributed by atoms with Gasteiger partial charge >= 0.3 is 0 Å². The number of rotatable bonds is 7. The molecule has 0 bridgehead atoms. The van der Waals surface area contributed by atoms with Gasteiger partial charge in [-0.3, -0.25) is 4.57 Å². The smallest absolute Gasteiger partial charge is 0.163 e. The average Bonchev–Trinajstić information content (AvgIpc) is 3.39. The lowest BCUT2D eigenvalue weighted by molar-refractivity contribution is 0.280. The molecule has 0 unspecified atom stereocenters. The minimum atomic E-state index is 0.130. The Labute approximate surface area is 163 Å². The van der Waals surface area contributed by atoms with Gasteiger partial charge in [0.25, 0.3) is 0 Å². The number of aliphatic hydroxyl groups excluding tert-OH is 1. The Balaban J connectivity index is 1.84. The third-order valence-corrected chi connectivity index (χ3v) is 4.65. The molecule has 2 heterocycles. The molecule has 0 aliphatic heterocycles. The Morgan fingerprint density at radius 2 is 1.79 bits per heavy atom. The monoisotopic (exact) mass is 374 g/mol. The third-order valence-electron chi connectivity index (χ3n) is 4.65. The lowest BCUT2D eigenvalue weighted by atomic mass is 10.1. The summed E-state index contributed by atoms with van der Waals surface area (Å²) in [5.74, 6) is 1.61. The fourth-order valence-electron chi connectivity index (χ4n) is 3.26. The number of hydrogen-bond donors (Lipinski definition) is 1. The summed E-state index contributed by atoms with van der Waals surface area (Å²) in [4.78, 5) is 9.31. The SMILES string of the molecule is COc1ccc(-n2ccnc2-c2c(-c3ccccc3)ncn2CCCO)cc1. The highest BCUT2D eigenvalue weighted by Gasteiger charge is 2.19. The van der Waals surface area contributed by atoms with Gasteiger partial charge in [-0.2, -0.15) is 0 Å². The number of aliphatic hydroxyl groups is 1. The van der Waals surface area contributed by atoms with Crippen molar-refractivity contribution in [1.29, 1.82) is 0 Å². The van der Waals surface area contributed by atoms with Gasteiger partial charge < -0.3 is 14.4 Å². The number of aryl methyl sites for hydroxylation is 1. The van der Waals surface area contributed by atoms with Gasteiger partial charge in [0, 0.05) is 36.8 Å². The Morgan fingerprint density at radius 3 is 2.50 bits per heavy atom. The van der Waals surface area contributed by atoms with E-state index in [1.165, 1.54) is 0 Å². The highest BCUT2D eigenvalue weighted by Crippen LogP contribution is 2.32. The number of aromatic nitrogens is 4. The number of imidazole rings is 2. The summed E-state index contributed by atoms with van der Waals surface area (Å²) in [5.41, 5.74) is 3.83. The van der Waals surface area contributed by atoms with Crippen LogP contribution in [-0.2, 0) is 6.54 Å². The molecule has 142 valence electrons. The molecule has 0 saturated heterocycles. The van der Waals surface area contributed by atoms with E-state index in [4.69, 9.17) is 4.74 Å². The van der Waals surface area contributed by atoms with Crippen molar-refractivity contribution in [1.82, 2.24) is 19.1 Å². The predicted octanol–water partition coefficient (Wildman–Crippen LogP) is 3.79. The molecule has 28 heavy (non-hydrogen) atoms. The lowest BCUT2D eigenvalue weighted by Gasteiger charge is -2.13. The first kappa shape index (κ1) is 18.0. The van der Waals surface area contributed by atoms with Crippen LogP contribution in [0.1, 0.15) is 6.42 Å². The van der Waals surface area contributed by atoms with E-state index >= 15 is 0 Å². The summed E-state index contributed by atoms with van der Waals surface area (Å²) in [6.07, 6.45) is 6.20. The lowest BCUT2D eigenvalue weighted by Crippen LogP contribution is -2.05. The highest BCUT2D eigenvalue weighted by atomic mass is 16.5. The highest BCUT2D eigenvalue weighted by molar-refractivity contribution is 5.76. The molecule has 0 radical (unpaired) electrons. The van der Waals surface area contributed by atoms with Crippen LogP contribution in [0, 0.1) is 0 Å². The van der Waals surface area contributed by atoms with E-state index < -0.39 is 0 Å². The quantitative estimate of drug-likeness (QED) is 0.534. The van der Waals surface area contributed by atoms with Gasteiger partial charge in [-0.1, -0.05) is 30.3 Å². The van der Waals surface area contributed by atoms with Crippen molar-refractivity contribution < 1.29 is 9.84 Å². The minimum absolute atomic E-state index is 0.130. The molecule has 1 N–H and O–H groups in total. The van der Waals surface area contributed by atoms with E-state index in [1.54, 1.807) is 13.3 Å². The van der Waals surface area contributed by atoms with E-state index in [9.17, 15) is 5.11 Å². The second kappa shape index (κ2) is 8.10. The predicted molar refractivity (Wildman–Crippen MR) is 108 cm³/mol. The average molecular weight is 374 g/mol. The van der Waals surface area contributed by atoms with Gasteiger partial charge in [0.1, 0.15) is 11.4 Å². The van der Waals surface area contributed by atoms with Gasteiger partial charge in [0.05, 0.1) is 19.1 Å². The Hall–Kier alpha value is -3.38. The Bertz CT molecular complexity index is 1040. The fraction of sp³-hybridized carbons (Fsp3) is 0.182. The molecule has 6 nitrogen and oxygen atoms in total. The first-order chi connectivity index (χ1) is 13.8. The fourth-order valence-corrected chi connectivity index (χ4v) is 3.26. The number of hydrogen-bond acceptors (Lipinski definition) is 4. The molecule has 4 aromatic rings. The van der Waals surface area contributed by atoms with Crippen molar-refractivity contribution in [3.63, 3.8) is 0 Å². The van der Waals surface area contributed by atoms with Crippen molar-refractivity contribution in [3.8, 4) is 34.2 Å². The number of ether oxygens (including phenoxy) is 1. The van der Waals surface area contributed by atoms with Gasteiger partial charge in [-0.15, -0.1) is 0 Å². The normalized spacial score (nSPS) is 10.9. The van der Waals surface area contributed by atoms with Gasteiger partial charge in [0.2, 0.25) is 0 Å². The maximum Gasteiger partial charge on any atom is 0.163 e. The van der Waals surface area contributed by atoms with Crippen LogP contribution in [0.25, 0.3) is 28.5 Å². The summed E-state index contributed by atoms with van der Waals surface area (Å²) < 4.78 is 9.36. The molecular formula is C22H22N4O2. The summed E-state index contributed by atoms with van der Waals surface area (Å²) >= 11 is 0. The Kier molecular flexibility index (Phi) is 5.21. The molecule has 2 aromatic heterocycles. The topological polar surface area (TPSA) is 65.1 Å². The first-order valence-electron chi connectivity index (χ1n) is 9.21. The van der Waals surface area contributed by atoms with Crippen LogP contribution in [0.3, 0.4) is 0 Å². The molecule has 0 saturated carbocycles. The Morgan fingerprint density at radius 1 is 1.00 bits per heavy atom. The summed E-state index contributed by atoms with van der Waals surface area (Å²) in [6, 6.07) is 17.9. The molecule has 0 fully saturated rings. The largest absolute Gasteiger partial charge is 0.497 e. The molecular weight excluding hydrogens is 352 g/mol. The van der Waals surface area contributed by atoms with Crippen LogP contribution >= 0.6 is 0 Å².